The number of terminal acetylenes is 1. The molecular formula is C18H18N2O3. The van der Waals surface area contributed by atoms with Gasteiger partial charge in [0.25, 0.3) is 0 Å². The van der Waals surface area contributed by atoms with E-state index in [2.05, 4.69) is 16.6 Å². The third-order valence-electron chi connectivity index (χ3n) is 3.21. The van der Waals surface area contributed by atoms with E-state index < -0.39 is 0 Å². The Bertz CT molecular complexity index is 735. The van der Waals surface area contributed by atoms with Gasteiger partial charge >= 0.3 is 6.03 Å². The number of hydrogen-bond acceptors (Lipinski definition) is 3. The van der Waals surface area contributed by atoms with Crippen LogP contribution in [0, 0.1) is 12.3 Å². The van der Waals surface area contributed by atoms with Crippen molar-refractivity contribution in [1.82, 2.24) is 5.32 Å². The predicted octanol–water partition coefficient (Wildman–Crippen LogP) is 3.01. The van der Waals surface area contributed by atoms with Crippen LogP contribution in [-0.2, 0) is 6.54 Å². The molecule has 0 heterocycles. The number of amides is 2. The van der Waals surface area contributed by atoms with Gasteiger partial charge in [-0.25, -0.2) is 4.79 Å². The molecule has 23 heavy (non-hydrogen) atoms. The van der Waals surface area contributed by atoms with Crippen molar-refractivity contribution < 1.29 is 14.3 Å². The van der Waals surface area contributed by atoms with Gasteiger partial charge in [-0.05, 0) is 24.3 Å². The Kier molecular flexibility index (Phi) is 5.48. The van der Waals surface area contributed by atoms with Crippen molar-refractivity contribution in [3.8, 4) is 23.8 Å². The number of methoxy groups -OCH3 is 2. The molecule has 0 aliphatic heterocycles. The molecule has 0 saturated heterocycles. The van der Waals surface area contributed by atoms with Crippen LogP contribution in [0.4, 0.5) is 10.5 Å². The summed E-state index contributed by atoms with van der Waals surface area (Å²) in [5.74, 6) is 3.74. The summed E-state index contributed by atoms with van der Waals surface area (Å²) < 4.78 is 10.6. The predicted molar refractivity (Wildman–Crippen MR) is 89.8 cm³/mol. The summed E-state index contributed by atoms with van der Waals surface area (Å²) >= 11 is 0. The van der Waals surface area contributed by atoms with E-state index in [0.717, 1.165) is 5.56 Å². The van der Waals surface area contributed by atoms with Crippen LogP contribution in [0.25, 0.3) is 0 Å². The van der Waals surface area contributed by atoms with Crippen LogP contribution >= 0.6 is 0 Å². The Morgan fingerprint density at radius 2 is 1.96 bits per heavy atom. The zero-order valence-corrected chi connectivity index (χ0v) is 13.1. The molecule has 0 atom stereocenters. The Balaban J connectivity index is 2.01. The number of urea groups is 1. The van der Waals surface area contributed by atoms with Crippen molar-refractivity contribution >= 4 is 11.7 Å². The lowest BCUT2D eigenvalue weighted by Crippen LogP contribution is -2.28. The smallest absolute Gasteiger partial charge is 0.319 e. The summed E-state index contributed by atoms with van der Waals surface area (Å²) in [4.78, 5) is 12.0. The zero-order valence-electron chi connectivity index (χ0n) is 13.1. The molecule has 2 N–H and O–H groups in total. The van der Waals surface area contributed by atoms with Crippen LogP contribution in [0.15, 0.2) is 42.5 Å². The minimum Gasteiger partial charge on any atom is -0.493 e. The van der Waals surface area contributed by atoms with Gasteiger partial charge in [0.05, 0.1) is 14.2 Å². The molecule has 0 saturated carbocycles. The fourth-order valence-corrected chi connectivity index (χ4v) is 2.13. The Morgan fingerprint density at radius 3 is 2.65 bits per heavy atom. The lowest BCUT2D eigenvalue weighted by Gasteiger charge is -2.13. The van der Waals surface area contributed by atoms with Crippen molar-refractivity contribution in [3.05, 3.63) is 53.6 Å². The van der Waals surface area contributed by atoms with E-state index in [1.165, 1.54) is 0 Å². The highest BCUT2D eigenvalue weighted by Gasteiger charge is 2.10. The van der Waals surface area contributed by atoms with E-state index in [0.29, 0.717) is 29.3 Å². The minimum atomic E-state index is -0.330. The molecule has 0 fully saturated rings. The first-order valence-electron chi connectivity index (χ1n) is 6.99. The van der Waals surface area contributed by atoms with Gasteiger partial charge in [0.15, 0.2) is 11.5 Å². The maximum absolute atomic E-state index is 12.0. The highest BCUT2D eigenvalue weighted by atomic mass is 16.5. The van der Waals surface area contributed by atoms with Crippen molar-refractivity contribution in [1.29, 1.82) is 0 Å². The maximum Gasteiger partial charge on any atom is 0.319 e. The fourth-order valence-electron chi connectivity index (χ4n) is 2.13. The van der Waals surface area contributed by atoms with Gasteiger partial charge in [-0.15, -0.1) is 6.42 Å². The molecule has 0 aliphatic carbocycles. The average molecular weight is 310 g/mol. The van der Waals surface area contributed by atoms with Crippen molar-refractivity contribution in [2.45, 2.75) is 6.54 Å². The van der Waals surface area contributed by atoms with Crippen LogP contribution in [-0.4, -0.2) is 20.3 Å². The second-order valence-electron chi connectivity index (χ2n) is 4.69. The Hall–Kier alpha value is -3.13. The Morgan fingerprint density at radius 1 is 1.17 bits per heavy atom. The lowest BCUT2D eigenvalue weighted by atomic mass is 10.2. The summed E-state index contributed by atoms with van der Waals surface area (Å²) in [5.41, 5.74) is 2.16. The minimum absolute atomic E-state index is 0.307. The van der Waals surface area contributed by atoms with Crippen LogP contribution in [0.5, 0.6) is 11.5 Å². The highest BCUT2D eigenvalue weighted by Crippen LogP contribution is 2.30. The zero-order chi connectivity index (χ0) is 16.7. The normalized spacial score (nSPS) is 9.61. The third kappa shape index (κ3) is 4.17. The number of para-hydroxylation sites is 1. The van der Waals surface area contributed by atoms with Gasteiger partial charge in [-0.2, -0.15) is 0 Å². The molecule has 0 spiro atoms. The number of nitrogens with one attached hydrogen (secondary N) is 2. The van der Waals surface area contributed by atoms with Crippen LogP contribution < -0.4 is 20.1 Å². The van der Waals surface area contributed by atoms with E-state index in [-0.39, 0.29) is 6.03 Å². The first-order chi connectivity index (χ1) is 11.2. The monoisotopic (exact) mass is 310 g/mol. The average Bonchev–Trinajstić information content (AvgIpc) is 2.59. The van der Waals surface area contributed by atoms with Gasteiger partial charge in [0.2, 0.25) is 0 Å². The lowest BCUT2D eigenvalue weighted by molar-refractivity contribution is 0.251. The molecular weight excluding hydrogens is 292 g/mol. The van der Waals surface area contributed by atoms with E-state index in [9.17, 15) is 4.79 Å². The summed E-state index contributed by atoms with van der Waals surface area (Å²) in [6.45, 7) is 0.307. The largest absolute Gasteiger partial charge is 0.493 e. The van der Waals surface area contributed by atoms with Crippen molar-refractivity contribution in [3.63, 3.8) is 0 Å². The maximum atomic E-state index is 12.0. The SMILES string of the molecule is C#Cc1cccc(NC(=O)NCc2cccc(OC)c2OC)c1. The fraction of sp³-hybridized carbons (Fsp3) is 0.167. The number of hydrogen-bond donors (Lipinski definition) is 2. The molecule has 0 bridgehead atoms. The number of anilines is 1. The summed E-state index contributed by atoms with van der Waals surface area (Å²) in [6.07, 6.45) is 5.34. The van der Waals surface area contributed by atoms with Crippen LogP contribution in [0.2, 0.25) is 0 Å². The van der Waals surface area contributed by atoms with E-state index in [4.69, 9.17) is 15.9 Å². The van der Waals surface area contributed by atoms with Gasteiger partial charge in [0, 0.05) is 23.4 Å². The standard InChI is InChI=1S/C18H18N2O3/c1-4-13-7-5-9-15(11-13)20-18(21)19-12-14-8-6-10-16(22-2)17(14)23-3/h1,5-11H,12H2,2-3H3,(H2,19,20,21). The summed E-state index contributed by atoms with van der Waals surface area (Å²) in [7, 11) is 3.13. The van der Waals surface area contributed by atoms with Crippen LogP contribution in [0.3, 0.4) is 0 Å². The molecule has 5 heteroatoms. The second-order valence-corrected chi connectivity index (χ2v) is 4.69. The van der Waals surface area contributed by atoms with Gasteiger partial charge < -0.3 is 20.1 Å². The number of carbonyl (C=O) groups excluding carboxylic acids is 1. The first kappa shape index (κ1) is 16.2. The van der Waals surface area contributed by atoms with Crippen molar-refractivity contribution in [2.24, 2.45) is 0 Å². The van der Waals surface area contributed by atoms with E-state index in [1.807, 2.05) is 12.1 Å². The molecule has 0 aromatic heterocycles. The third-order valence-corrected chi connectivity index (χ3v) is 3.21. The number of ether oxygens (including phenoxy) is 2. The molecule has 2 rings (SSSR count). The molecule has 2 aromatic carbocycles. The molecule has 5 nitrogen and oxygen atoms in total. The highest BCUT2D eigenvalue weighted by molar-refractivity contribution is 5.89. The molecule has 0 unspecified atom stereocenters. The topological polar surface area (TPSA) is 59.6 Å². The molecule has 0 radical (unpaired) electrons. The number of benzene rings is 2. The summed E-state index contributed by atoms with van der Waals surface area (Å²) in [5, 5.41) is 5.51. The van der Waals surface area contributed by atoms with E-state index in [1.54, 1.807) is 44.6 Å². The molecule has 2 aromatic rings. The Labute approximate surface area is 135 Å². The molecule has 118 valence electrons. The second kappa shape index (κ2) is 7.76. The van der Waals surface area contributed by atoms with Gasteiger partial charge in [-0.3, -0.25) is 0 Å². The molecule has 2 amide bonds. The van der Waals surface area contributed by atoms with Gasteiger partial charge in [0.1, 0.15) is 0 Å². The number of rotatable bonds is 5. The van der Waals surface area contributed by atoms with Crippen LogP contribution in [0.1, 0.15) is 11.1 Å². The summed E-state index contributed by atoms with van der Waals surface area (Å²) in [6, 6.07) is 12.3. The first-order valence-corrected chi connectivity index (χ1v) is 6.99. The van der Waals surface area contributed by atoms with E-state index >= 15 is 0 Å². The van der Waals surface area contributed by atoms with Gasteiger partial charge in [-0.1, -0.05) is 24.1 Å². The molecule has 0 aliphatic rings. The van der Waals surface area contributed by atoms with Crippen molar-refractivity contribution in [2.75, 3.05) is 19.5 Å². The number of carbonyl (C=O) groups is 1. The quantitative estimate of drug-likeness (QED) is 0.835.